The van der Waals surface area contributed by atoms with Gasteiger partial charge in [-0.3, -0.25) is 9.79 Å². The molecule has 1 fully saturated rings. The van der Waals surface area contributed by atoms with E-state index in [-0.39, 0.29) is 5.92 Å². The molecule has 4 heteroatoms. The molecule has 20 heavy (non-hydrogen) atoms. The van der Waals surface area contributed by atoms with Gasteiger partial charge < -0.3 is 9.84 Å². The van der Waals surface area contributed by atoms with Crippen LogP contribution in [0.3, 0.4) is 0 Å². The molecule has 108 valence electrons. The Morgan fingerprint density at radius 3 is 2.50 bits per heavy atom. The van der Waals surface area contributed by atoms with E-state index in [0.717, 1.165) is 43.5 Å². The van der Waals surface area contributed by atoms with E-state index in [1.54, 1.807) is 7.11 Å². The SMILES string of the molecule is COc1ccc(C=NC[C@H]2CC[C@H](C(=O)O)CC2)cc1. The molecular weight excluding hydrogens is 254 g/mol. The lowest BCUT2D eigenvalue weighted by atomic mass is 9.82. The maximum absolute atomic E-state index is 10.9. The first-order valence-electron chi connectivity index (χ1n) is 7.05. The number of hydrogen-bond acceptors (Lipinski definition) is 3. The normalized spacial score (nSPS) is 22.9. The zero-order valence-electron chi connectivity index (χ0n) is 11.8. The van der Waals surface area contributed by atoms with Crippen molar-refractivity contribution in [2.75, 3.05) is 13.7 Å². The Labute approximate surface area is 119 Å². The fraction of sp³-hybridized carbons (Fsp3) is 0.500. The van der Waals surface area contributed by atoms with E-state index < -0.39 is 5.97 Å². The van der Waals surface area contributed by atoms with Crippen molar-refractivity contribution in [3.63, 3.8) is 0 Å². The van der Waals surface area contributed by atoms with Gasteiger partial charge in [-0.25, -0.2) is 0 Å². The fourth-order valence-electron chi connectivity index (χ4n) is 2.59. The molecular formula is C16H21NO3. The molecule has 0 bridgehead atoms. The molecule has 0 spiro atoms. The number of ether oxygens (including phenoxy) is 1. The van der Waals surface area contributed by atoms with Crippen molar-refractivity contribution in [2.45, 2.75) is 25.7 Å². The highest BCUT2D eigenvalue weighted by atomic mass is 16.5. The molecule has 4 nitrogen and oxygen atoms in total. The van der Waals surface area contributed by atoms with Gasteiger partial charge in [-0.15, -0.1) is 0 Å². The summed E-state index contributed by atoms with van der Waals surface area (Å²) >= 11 is 0. The second-order valence-corrected chi connectivity index (χ2v) is 5.32. The Kier molecular flexibility index (Phi) is 5.16. The third-order valence-electron chi connectivity index (χ3n) is 3.92. The summed E-state index contributed by atoms with van der Waals surface area (Å²) < 4.78 is 5.11. The number of nitrogens with zero attached hydrogens (tertiary/aromatic N) is 1. The van der Waals surface area contributed by atoms with Gasteiger partial charge in [0.2, 0.25) is 0 Å². The van der Waals surface area contributed by atoms with Gasteiger partial charge in [0.1, 0.15) is 5.75 Å². The van der Waals surface area contributed by atoms with Crippen LogP contribution >= 0.6 is 0 Å². The van der Waals surface area contributed by atoms with Crippen LogP contribution in [-0.4, -0.2) is 30.9 Å². The van der Waals surface area contributed by atoms with E-state index in [4.69, 9.17) is 9.84 Å². The summed E-state index contributed by atoms with van der Waals surface area (Å²) in [4.78, 5) is 15.3. The Morgan fingerprint density at radius 1 is 1.30 bits per heavy atom. The molecule has 2 rings (SSSR count). The Hall–Kier alpha value is -1.84. The Balaban J connectivity index is 1.77. The third-order valence-corrected chi connectivity index (χ3v) is 3.92. The van der Waals surface area contributed by atoms with Gasteiger partial charge in [0.25, 0.3) is 0 Å². The summed E-state index contributed by atoms with van der Waals surface area (Å²) in [6.45, 7) is 0.790. The van der Waals surface area contributed by atoms with Crippen molar-refractivity contribution in [1.82, 2.24) is 0 Å². The fourth-order valence-corrected chi connectivity index (χ4v) is 2.59. The van der Waals surface area contributed by atoms with E-state index in [0.29, 0.717) is 5.92 Å². The highest BCUT2D eigenvalue weighted by Crippen LogP contribution is 2.29. The van der Waals surface area contributed by atoms with Crippen LogP contribution in [-0.2, 0) is 4.79 Å². The van der Waals surface area contributed by atoms with Crippen molar-refractivity contribution >= 4 is 12.2 Å². The van der Waals surface area contributed by atoms with Gasteiger partial charge in [-0.1, -0.05) is 0 Å². The largest absolute Gasteiger partial charge is 0.497 e. The summed E-state index contributed by atoms with van der Waals surface area (Å²) in [6, 6.07) is 7.78. The number of carboxylic acid groups (broad SMARTS) is 1. The van der Waals surface area contributed by atoms with Crippen LogP contribution in [0, 0.1) is 11.8 Å². The predicted octanol–water partition coefficient (Wildman–Crippen LogP) is 3.01. The van der Waals surface area contributed by atoms with Gasteiger partial charge in [-0.2, -0.15) is 0 Å². The number of benzene rings is 1. The van der Waals surface area contributed by atoms with Crippen LogP contribution in [0.2, 0.25) is 0 Å². The lowest BCUT2D eigenvalue weighted by molar-refractivity contribution is -0.143. The smallest absolute Gasteiger partial charge is 0.306 e. The molecule has 0 aliphatic heterocycles. The Morgan fingerprint density at radius 2 is 1.95 bits per heavy atom. The third kappa shape index (κ3) is 4.08. The summed E-state index contributed by atoms with van der Waals surface area (Å²) in [6.07, 6.45) is 5.40. The van der Waals surface area contributed by atoms with Crippen molar-refractivity contribution in [3.8, 4) is 5.75 Å². The molecule has 1 aliphatic rings. The number of aliphatic carboxylic acids is 1. The van der Waals surface area contributed by atoms with Crippen LogP contribution in [0.1, 0.15) is 31.2 Å². The second-order valence-electron chi connectivity index (χ2n) is 5.32. The minimum absolute atomic E-state index is 0.142. The topological polar surface area (TPSA) is 58.9 Å². The lowest BCUT2D eigenvalue weighted by Crippen LogP contribution is -2.22. The molecule has 1 N–H and O–H groups in total. The van der Waals surface area contributed by atoms with E-state index in [1.165, 1.54) is 0 Å². The van der Waals surface area contributed by atoms with Crippen LogP contribution < -0.4 is 4.74 Å². The second kappa shape index (κ2) is 7.08. The van der Waals surface area contributed by atoms with Crippen molar-refractivity contribution < 1.29 is 14.6 Å². The molecule has 1 aromatic rings. The number of carbonyl (C=O) groups is 1. The van der Waals surface area contributed by atoms with Gasteiger partial charge >= 0.3 is 5.97 Å². The predicted molar refractivity (Wildman–Crippen MR) is 78.5 cm³/mol. The molecule has 0 amide bonds. The molecule has 1 aromatic carbocycles. The standard InChI is InChI=1S/C16H21NO3/c1-20-15-8-4-13(5-9-15)11-17-10-12-2-6-14(7-3-12)16(18)19/h4-5,8-9,11-12,14H,2-3,6-7,10H2,1H3,(H,18,19)/t12-,14-. The zero-order chi connectivity index (χ0) is 14.4. The van der Waals surface area contributed by atoms with Crippen LogP contribution in [0.25, 0.3) is 0 Å². The summed E-state index contributed by atoms with van der Waals surface area (Å²) in [5, 5.41) is 8.95. The minimum Gasteiger partial charge on any atom is -0.497 e. The maximum atomic E-state index is 10.9. The summed E-state index contributed by atoms with van der Waals surface area (Å²) in [5.74, 6) is 0.580. The first-order valence-corrected chi connectivity index (χ1v) is 7.05. The zero-order valence-corrected chi connectivity index (χ0v) is 11.8. The van der Waals surface area contributed by atoms with Gasteiger partial charge in [0.05, 0.1) is 13.0 Å². The molecule has 1 aliphatic carbocycles. The molecule has 0 saturated heterocycles. The van der Waals surface area contributed by atoms with Crippen molar-refractivity contribution in [2.24, 2.45) is 16.8 Å². The van der Waals surface area contributed by atoms with Gasteiger partial charge in [-0.05, 0) is 61.4 Å². The maximum Gasteiger partial charge on any atom is 0.306 e. The highest BCUT2D eigenvalue weighted by Gasteiger charge is 2.25. The van der Waals surface area contributed by atoms with Gasteiger partial charge in [0.15, 0.2) is 0 Å². The van der Waals surface area contributed by atoms with E-state index in [1.807, 2.05) is 30.5 Å². The number of methoxy groups -OCH3 is 1. The molecule has 0 heterocycles. The molecule has 0 atom stereocenters. The van der Waals surface area contributed by atoms with Crippen LogP contribution in [0.4, 0.5) is 0 Å². The van der Waals surface area contributed by atoms with E-state index in [9.17, 15) is 4.79 Å². The monoisotopic (exact) mass is 275 g/mol. The average molecular weight is 275 g/mol. The number of hydrogen-bond donors (Lipinski definition) is 1. The summed E-state index contributed by atoms with van der Waals surface area (Å²) in [5.41, 5.74) is 1.06. The molecule has 0 unspecified atom stereocenters. The highest BCUT2D eigenvalue weighted by molar-refractivity contribution is 5.79. The Bertz CT molecular complexity index is 459. The first-order chi connectivity index (χ1) is 9.69. The first kappa shape index (κ1) is 14.6. The van der Waals surface area contributed by atoms with E-state index in [2.05, 4.69) is 4.99 Å². The number of rotatable bonds is 5. The van der Waals surface area contributed by atoms with Crippen molar-refractivity contribution in [3.05, 3.63) is 29.8 Å². The summed E-state index contributed by atoms with van der Waals surface area (Å²) in [7, 11) is 1.65. The van der Waals surface area contributed by atoms with E-state index >= 15 is 0 Å². The van der Waals surface area contributed by atoms with Crippen LogP contribution in [0.5, 0.6) is 5.75 Å². The lowest BCUT2D eigenvalue weighted by Gasteiger charge is -2.24. The van der Waals surface area contributed by atoms with Crippen molar-refractivity contribution in [1.29, 1.82) is 0 Å². The van der Waals surface area contributed by atoms with Crippen LogP contribution in [0.15, 0.2) is 29.3 Å². The number of carboxylic acids is 1. The molecule has 0 aromatic heterocycles. The molecule has 1 saturated carbocycles. The minimum atomic E-state index is -0.648. The molecule has 0 radical (unpaired) electrons. The number of aliphatic imine (C=N–C) groups is 1. The van der Waals surface area contributed by atoms with Gasteiger partial charge in [0, 0.05) is 12.8 Å². The average Bonchev–Trinajstić information content (AvgIpc) is 2.48. The quantitative estimate of drug-likeness (QED) is 0.840.